The van der Waals surface area contributed by atoms with Gasteiger partial charge < -0.3 is 20.9 Å². The molecule has 1 spiro atoms. The Labute approximate surface area is 152 Å². The lowest BCUT2D eigenvalue weighted by molar-refractivity contribution is 0.0763. The van der Waals surface area contributed by atoms with Crippen LogP contribution in [-0.2, 0) is 5.54 Å². The van der Waals surface area contributed by atoms with Gasteiger partial charge in [-0.2, -0.15) is 0 Å². The van der Waals surface area contributed by atoms with Crippen LogP contribution in [0.1, 0.15) is 59.4 Å². The average molecular weight is 352 g/mol. The number of nitrogens with zero attached hydrogens (tertiary/aromatic N) is 1. The number of benzene rings is 1. The molecule has 6 heteroatoms. The van der Waals surface area contributed by atoms with Crippen molar-refractivity contribution in [1.82, 2.24) is 15.2 Å². The number of rotatable bonds is 2. The van der Waals surface area contributed by atoms with Crippen LogP contribution < -0.4 is 16.4 Å². The van der Waals surface area contributed by atoms with E-state index in [9.17, 15) is 9.59 Å². The fourth-order valence-electron chi connectivity index (χ4n) is 4.84. The van der Waals surface area contributed by atoms with Crippen LogP contribution in [0.15, 0.2) is 24.3 Å². The summed E-state index contributed by atoms with van der Waals surface area (Å²) >= 11 is 0. The number of carbonyl (C=O) groups is 2. The van der Waals surface area contributed by atoms with Crippen LogP contribution >= 0.6 is 0 Å². The minimum Gasteiger partial charge on any atom is -0.348 e. The molecule has 0 saturated heterocycles. The van der Waals surface area contributed by atoms with Gasteiger partial charge in [0.15, 0.2) is 0 Å². The molecule has 1 aromatic carbocycles. The van der Waals surface area contributed by atoms with Crippen molar-refractivity contribution in [2.75, 3.05) is 6.54 Å². The number of nitrogens with one attached hydrogen (secondary N) is 2. The maximum absolute atomic E-state index is 12.7. The van der Waals surface area contributed by atoms with Gasteiger partial charge in [-0.05, 0) is 56.7 Å². The van der Waals surface area contributed by atoms with Gasteiger partial charge in [-0.3, -0.25) is 9.59 Å². The van der Waals surface area contributed by atoms with Gasteiger partial charge in [0.05, 0.1) is 11.1 Å². The summed E-state index contributed by atoms with van der Waals surface area (Å²) in [6, 6.07) is 7.78. The molecule has 2 atom stereocenters. The summed E-state index contributed by atoms with van der Waals surface area (Å²) < 4.78 is 2.18. The van der Waals surface area contributed by atoms with E-state index in [1.165, 1.54) is 6.42 Å². The van der Waals surface area contributed by atoms with Crippen LogP contribution in [0, 0.1) is 0 Å². The van der Waals surface area contributed by atoms with Gasteiger partial charge in [0.1, 0.15) is 5.69 Å². The third-order valence-electron chi connectivity index (χ3n) is 6.52. The Hall–Kier alpha value is -2.34. The second kappa shape index (κ2) is 5.58. The molecule has 3 aliphatic rings. The number of aromatic nitrogens is 1. The van der Waals surface area contributed by atoms with Crippen molar-refractivity contribution in [3.05, 3.63) is 35.5 Å². The van der Waals surface area contributed by atoms with Gasteiger partial charge in [-0.1, -0.05) is 6.07 Å². The van der Waals surface area contributed by atoms with Crippen molar-refractivity contribution >= 4 is 22.7 Å². The Morgan fingerprint density at radius 1 is 1.23 bits per heavy atom. The molecule has 2 aromatic rings. The van der Waals surface area contributed by atoms with Crippen LogP contribution in [0.2, 0.25) is 0 Å². The SMILES string of the molecule is N[C@@H]1CCC[C@@H]1NC(=O)c1ccc2cc3n(c2c1)C1(CCC1)CNC3=O. The predicted octanol–water partition coefficient (Wildman–Crippen LogP) is 1.87. The van der Waals surface area contributed by atoms with E-state index in [0.29, 0.717) is 17.8 Å². The first kappa shape index (κ1) is 15.9. The smallest absolute Gasteiger partial charge is 0.268 e. The normalized spacial score (nSPS) is 26.4. The first-order chi connectivity index (χ1) is 12.6. The predicted molar refractivity (Wildman–Crippen MR) is 99.2 cm³/mol. The molecule has 26 heavy (non-hydrogen) atoms. The molecular formula is C20H24N4O2. The Morgan fingerprint density at radius 2 is 2.08 bits per heavy atom. The summed E-state index contributed by atoms with van der Waals surface area (Å²) in [6.45, 7) is 0.677. The Kier molecular flexibility index (Phi) is 3.41. The summed E-state index contributed by atoms with van der Waals surface area (Å²) in [5, 5.41) is 7.13. The number of nitrogens with two attached hydrogens (primary N) is 1. The van der Waals surface area contributed by atoms with Crippen LogP contribution in [0.3, 0.4) is 0 Å². The fourth-order valence-corrected chi connectivity index (χ4v) is 4.84. The van der Waals surface area contributed by atoms with Gasteiger partial charge in [0, 0.05) is 29.6 Å². The molecular weight excluding hydrogens is 328 g/mol. The lowest BCUT2D eigenvalue weighted by Crippen LogP contribution is -2.55. The highest BCUT2D eigenvalue weighted by Crippen LogP contribution is 2.44. The van der Waals surface area contributed by atoms with Crippen molar-refractivity contribution in [1.29, 1.82) is 0 Å². The average Bonchev–Trinajstić information content (AvgIpc) is 3.18. The number of fused-ring (bicyclic) bond motifs is 4. The van der Waals surface area contributed by atoms with E-state index in [1.54, 1.807) is 0 Å². The maximum Gasteiger partial charge on any atom is 0.268 e. The lowest BCUT2D eigenvalue weighted by atomic mass is 9.75. The monoisotopic (exact) mass is 352 g/mol. The zero-order valence-corrected chi connectivity index (χ0v) is 14.8. The van der Waals surface area contributed by atoms with E-state index in [4.69, 9.17) is 5.73 Å². The van der Waals surface area contributed by atoms with Gasteiger partial charge in [0.25, 0.3) is 11.8 Å². The Balaban J connectivity index is 1.54. The first-order valence-corrected chi connectivity index (χ1v) is 9.58. The summed E-state index contributed by atoms with van der Waals surface area (Å²) in [7, 11) is 0. The van der Waals surface area contributed by atoms with Crippen LogP contribution in [0.4, 0.5) is 0 Å². The van der Waals surface area contributed by atoms with E-state index < -0.39 is 0 Å². The van der Waals surface area contributed by atoms with E-state index in [1.807, 2.05) is 24.3 Å². The fraction of sp³-hybridized carbons (Fsp3) is 0.500. The third-order valence-corrected chi connectivity index (χ3v) is 6.52. The molecule has 0 unspecified atom stereocenters. The van der Waals surface area contributed by atoms with Gasteiger partial charge in [-0.15, -0.1) is 0 Å². The highest BCUT2D eigenvalue weighted by molar-refractivity contribution is 6.03. The van der Waals surface area contributed by atoms with Gasteiger partial charge in [-0.25, -0.2) is 0 Å². The van der Waals surface area contributed by atoms with E-state index in [0.717, 1.165) is 43.0 Å². The quantitative estimate of drug-likeness (QED) is 0.771. The number of carbonyl (C=O) groups excluding carboxylic acids is 2. The maximum atomic E-state index is 12.7. The minimum atomic E-state index is -0.0762. The van der Waals surface area contributed by atoms with Crippen molar-refractivity contribution in [2.45, 2.75) is 56.1 Å². The van der Waals surface area contributed by atoms with E-state index in [-0.39, 0.29) is 29.4 Å². The Morgan fingerprint density at radius 3 is 2.77 bits per heavy atom. The van der Waals surface area contributed by atoms with Crippen molar-refractivity contribution in [3.63, 3.8) is 0 Å². The van der Waals surface area contributed by atoms with Gasteiger partial charge >= 0.3 is 0 Å². The summed E-state index contributed by atoms with van der Waals surface area (Å²) in [5.41, 5.74) is 8.39. The summed E-state index contributed by atoms with van der Waals surface area (Å²) in [4.78, 5) is 25.1. The third kappa shape index (κ3) is 2.21. The molecule has 0 radical (unpaired) electrons. The van der Waals surface area contributed by atoms with Crippen molar-refractivity contribution < 1.29 is 9.59 Å². The molecule has 1 aromatic heterocycles. The molecule has 2 saturated carbocycles. The van der Waals surface area contributed by atoms with E-state index in [2.05, 4.69) is 15.2 Å². The highest BCUT2D eigenvalue weighted by Gasteiger charge is 2.44. The van der Waals surface area contributed by atoms with E-state index >= 15 is 0 Å². The zero-order valence-electron chi connectivity index (χ0n) is 14.8. The molecule has 2 fully saturated rings. The number of hydrogen-bond acceptors (Lipinski definition) is 3. The minimum absolute atomic E-state index is 0.0199. The molecule has 6 nitrogen and oxygen atoms in total. The van der Waals surface area contributed by atoms with Crippen LogP contribution in [0.5, 0.6) is 0 Å². The topological polar surface area (TPSA) is 89.2 Å². The molecule has 4 N–H and O–H groups in total. The largest absolute Gasteiger partial charge is 0.348 e. The van der Waals surface area contributed by atoms with Crippen molar-refractivity contribution in [3.8, 4) is 0 Å². The molecule has 1 aliphatic heterocycles. The molecule has 2 aliphatic carbocycles. The molecule has 2 heterocycles. The van der Waals surface area contributed by atoms with Crippen LogP contribution in [0.25, 0.3) is 10.9 Å². The number of hydrogen-bond donors (Lipinski definition) is 3. The molecule has 0 bridgehead atoms. The van der Waals surface area contributed by atoms with Crippen molar-refractivity contribution in [2.24, 2.45) is 5.73 Å². The lowest BCUT2D eigenvalue weighted by Gasteiger charge is -2.47. The van der Waals surface area contributed by atoms with Gasteiger partial charge in [0.2, 0.25) is 0 Å². The summed E-state index contributed by atoms with van der Waals surface area (Å²) in [6.07, 6.45) is 6.28. The summed E-state index contributed by atoms with van der Waals surface area (Å²) in [5.74, 6) is -0.102. The zero-order chi connectivity index (χ0) is 17.9. The molecule has 2 amide bonds. The highest BCUT2D eigenvalue weighted by atomic mass is 16.2. The van der Waals surface area contributed by atoms with Crippen LogP contribution in [-0.4, -0.2) is 35.0 Å². The second-order valence-corrected chi connectivity index (χ2v) is 8.07. The molecule has 5 rings (SSSR count). The standard InChI is InChI=1S/C20H24N4O2/c21-14-3-1-4-15(14)23-18(25)13-6-5-12-9-17-19(26)22-11-20(7-2-8-20)24(17)16(12)10-13/h5-6,9-10,14-15H,1-4,7-8,11,21H2,(H,22,26)(H,23,25)/t14-,15+/m1/s1. The first-order valence-electron chi connectivity index (χ1n) is 9.58. The molecule has 136 valence electrons. The number of amides is 2. The Bertz CT molecular complexity index is 912. The second-order valence-electron chi connectivity index (χ2n) is 8.07.